The lowest BCUT2D eigenvalue weighted by Gasteiger charge is -2.16. The van der Waals surface area contributed by atoms with Crippen molar-refractivity contribution in [3.63, 3.8) is 0 Å². The summed E-state index contributed by atoms with van der Waals surface area (Å²) >= 11 is 0. The third-order valence-corrected chi connectivity index (χ3v) is 3.10. The highest BCUT2D eigenvalue weighted by molar-refractivity contribution is 5.93. The first kappa shape index (κ1) is 13.0. The first-order valence-electron chi connectivity index (χ1n) is 5.93. The van der Waals surface area contributed by atoms with Crippen LogP contribution in [-0.2, 0) is 9.53 Å². The van der Waals surface area contributed by atoms with E-state index in [0.29, 0.717) is 18.9 Å². The van der Waals surface area contributed by atoms with Crippen LogP contribution in [0.5, 0.6) is 0 Å². The van der Waals surface area contributed by atoms with E-state index < -0.39 is 0 Å². The zero-order valence-electron chi connectivity index (χ0n) is 10.5. The van der Waals surface area contributed by atoms with E-state index in [4.69, 9.17) is 4.74 Å². The van der Waals surface area contributed by atoms with Gasteiger partial charge in [0, 0.05) is 11.7 Å². The largest absolute Gasteiger partial charge is 0.379 e. The van der Waals surface area contributed by atoms with Gasteiger partial charge in [-0.3, -0.25) is 4.79 Å². The molecular weight excluding hydrogens is 235 g/mol. The van der Waals surface area contributed by atoms with Crippen molar-refractivity contribution in [1.82, 2.24) is 5.32 Å². The van der Waals surface area contributed by atoms with Crippen molar-refractivity contribution in [1.29, 1.82) is 0 Å². The van der Waals surface area contributed by atoms with Crippen molar-refractivity contribution in [3.8, 4) is 0 Å². The van der Waals surface area contributed by atoms with Gasteiger partial charge in [0.15, 0.2) is 0 Å². The number of likely N-dealkylation sites (N-methyl/N-ethyl adjacent to an activating group) is 1. The Morgan fingerprint density at radius 1 is 1.39 bits per heavy atom. The fourth-order valence-corrected chi connectivity index (χ4v) is 2.14. The van der Waals surface area contributed by atoms with Crippen molar-refractivity contribution >= 4 is 11.6 Å². The van der Waals surface area contributed by atoms with Crippen LogP contribution in [0.4, 0.5) is 10.1 Å². The summed E-state index contributed by atoms with van der Waals surface area (Å²) in [6.45, 7) is 2.70. The molecule has 1 saturated heterocycles. The number of carbonyl (C=O) groups is 1. The van der Waals surface area contributed by atoms with Crippen LogP contribution in [0.3, 0.4) is 0 Å². The molecule has 4 nitrogen and oxygen atoms in total. The SMILES string of the molecule is CNC1COCC1C(=O)Nc1cc(C)cc(F)c1. The molecule has 1 aromatic carbocycles. The number of benzene rings is 1. The molecular formula is C13H17FN2O2. The van der Waals surface area contributed by atoms with Gasteiger partial charge in [-0.2, -0.15) is 0 Å². The Hall–Kier alpha value is -1.46. The number of nitrogens with one attached hydrogen (secondary N) is 2. The average Bonchev–Trinajstić information content (AvgIpc) is 2.75. The molecule has 1 amide bonds. The van der Waals surface area contributed by atoms with E-state index in [1.165, 1.54) is 12.1 Å². The van der Waals surface area contributed by atoms with E-state index in [2.05, 4.69) is 10.6 Å². The van der Waals surface area contributed by atoms with Gasteiger partial charge >= 0.3 is 0 Å². The van der Waals surface area contributed by atoms with Crippen LogP contribution >= 0.6 is 0 Å². The molecule has 1 aromatic rings. The highest BCUT2D eigenvalue weighted by Gasteiger charge is 2.32. The van der Waals surface area contributed by atoms with E-state index >= 15 is 0 Å². The van der Waals surface area contributed by atoms with Crippen molar-refractivity contribution < 1.29 is 13.9 Å². The summed E-state index contributed by atoms with van der Waals surface area (Å²) in [6.07, 6.45) is 0. The topological polar surface area (TPSA) is 50.4 Å². The van der Waals surface area contributed by atoms with Gasteiger partial charge in [-0.25, -0.2) is 4.39 Å². The fraction of sp³-hybridized carbons (Fsp3) is 0.462. The van der Waals surface area contributed by atoms with E-state index in [1.54, 1.807) is 20.0 Å². The van der Waals surface area contributed by atoms with E-state index in [9.17, 15) is 9.18 Å². The second kappa shape index (κ2) is 5.46. The van der Waals surface area contributed by atoms with Gasteiger partial charge in [0.2, 0.25) is 5.91 Å². The summed E-state index contributed by atoms with van der Waals surface area (Å²) < 4.78 is 18.5. The Balaban J connectivity index is 2.06. The molecule has 0 spiro atoms. The molecule has 18 heavy (non-hydrogen) atoms. The molecule has 0 aromatic heterocycles. The number of halogens is 1. The minimum atomic E-state index is -0.349. The third-order valence-electron chi connectivity index (χ3n) is 3.10. The number of hydrogen-bond donors (Lipinski definition) is 2. The van der Waals surface area contributed by atoms with Crippen LogP contribution in [0.25, 0.3) is 0 Å². The zero-order valence-corrected chi connectivity index (χ0v) is 10.5. The quantitative estimate of drug-likeness (QED) is 0.852. The minimum Gasteiger partial charge on any atom is -0.379 e. The smallest absolute Gasteiger partial charge is 0.231 e. The van der Waals surface area contributed by atoms with Gasteiger partial charge in [0.1, 0.15) is 5.82 Å². The molecule has 1 heterocycles. The Bertz CT molecular complexity index is 430. The second-order valence-electron chi connectivity index (χ2n) is 4.55. The first-order chi connectivity index (χ1) is 8.60. The Labute approximate surface area is 106 Å². The molecule has 0 saturated carbocycles. The number of rotatable bonds is 3. The standard InChI is InChI=1S/C13H17FN2O2/c1-8-3-9(14)5-10(4-8)16-13(17)11-6-18-7-12(11)15-2/h3-5,11-12,15H,6-7H2,1-2H3,(H,16,17). The zero-order chi connectivity index (χ0) is 13.1. The van der Waals surface area contributed by atoms with Gasteiger partial charge in [0.25, 0.3) is 0 Å². The lowest BCUT2D eigenvalue weighted by Crippen LogP contribution is -2.39. The van der Waals surface area contributed by atoms with Crippen LogP contribution in [0.2, 0.25) is 0 Å². The maximum atomic E-state index is 13.2. The fourth-order valence-electron chi connectivity index (χ4n) is 2.14. The Morgan fingerprint density at radius 3 is 2.83 bits per heavy atom. The predicted molar refractivity (Wildman–Crippen MR) is 66.9 cm³/mol. The summed E-state index contributed by atoms with van der Waals surface area (Å²) in [7, 11) is 1.80. The number of ether oxygens (including phenoxy) is 1. The van der Waals surface area contributed by atoms with Crippen molar-refractivity contribution in [2.75, 3.05) is 25.6 Å². The van der Waals surface area contributed by atoms with Crippen molar-refractivity contribution in [2.24, 2.45) is 5.92 Å². The van der Waals surface area contributed by atoms with Crippen LogP contribution in [0.1, 0.15) is 5.56 Å². The third kappa shape index (κ3) is 2.86. The number of hydrogen-bond acceptors (Lipinski definition) is 3. The molecule has 0 aliphatic carbocycles. The monoisotopic (exact) mass is 252 g/mol. The summed E-state index contributed by atoms with van der Waals surface area (Å²) in [6, 6.07) is 4.49. The molecule has 1 aliphatic rings. The highest BCUT2D eigenvalue weighted by Crippen LogP contribution is 2.18. The van der Waals surface area contributed by atoms with Gasteiger partial charge in [-0.05, 0) is 37.7 Å². The number of aryl methyl sites for hydroxylation is 1. The van der Waals surface area contributed by atoms with E-state index in [-0.39, 0.29) is 23.7 Å². The van der Waals surface area contributed by atoms with Crippen molar-refractivity contribution in [3.05, 3.63) is 29.6 Å². The summed E-state index contributed by atoms with van der Waals surface area (Å²) in [4.78, 5) is 12.1. The molecule has 0 radical (unpaired) electrons. The predicted octanol–water partition coefficient (Wildman–Crippen LogP) is 1.31. The second-order valence-corrected chi connectivity index (χ2v) is 4.55. The normalized spacial score (nSPS) is 23.1. The Morgan fingerprint density at radius 2 is 2.17 bits per heavy atom. The van der Waals surface area contributed by atoms with Crippen molar-refractivity contribution in [2.45, 2.75) is 13.0 Å². The summed E-state index contributed by atoms with van der Waals surface area (Å²) in [5.41, 5.74) is 1.26. The van der Waals surface area contributed by atoms with Crippen LogP contribution in [0.15, 0.2) is 18.2 Å². The summed E-state index contributed by atoms with van der Waals surface area (Å²) in [5, 5.41) is 5.77. The maximum absolute atomic E-state index is 13.2. The molecule has 0 bridgehead atoms. The van der Waals surface area contributed by atoms with Gasteiger partial charge < -0.3 is 15.4 Å². The molecule has 2 atom stereocenters. The van der Waals surface area contributed by atoms with Gasteiger partial charge in [-0.1, -0.05) is 0 Å². The highest BCUT2D eigenvalue weighted by atomic mass is 19.1. The lowest BCUT2D eigenvalue weighted by atomic mass is 10.0. The minimum absolute atomic E-state index is 0.0136. The molecule has 2 unspecified atom stereocenters. The lowest BCUT2D eigenvalue weighted by molar-refractivity contribution is -0.120. The number of anilines is 1. The van der Waals surface area contributed by atoms with Gasteiger partial charge in [0.05, 0.1) is 19.1 Å². The van der Waals surface area contributed by atoms with E-state index in [0.717, 1.165) is 5.56 Å². The average molecular weight is 252 g/mol. The molecule has 5 heteroatoms. The molecule has 98 valence electrons. The number of carbonyl (C=O) groups excluding carboxylic acids is 1. The molecule has 2 rings (SSSR count). The number of amides is 1. The van der Waals surface area contributed by atoms with E-state index in [1.807, 2.05) is 0 Å². The van der Waals surface area contributed by atoms with Crippen LogP contribution < -0.4 is 10.6 Å². The summed E-state index contributed by atoms with van der Waals surface area (Å²) in [5.74, 6) is -0.728. The Kier molecular flexibility index (Phi) is 3.93. The van der Waals surface area contributed by atoms with Gasteiger partial charge in [-0.15, -0.1) is 0 Å². The first-order valence-corrected chi connectivity index (χ1v) is 5.93. The maximum Gasteiger partial charge on any atom is 0.231 e. The van der Waals surface area contributed by atoms with Crippen LogP contribution in [0, 0.1) is 18.7 Å². The molecule has 1 aliphatic heterocycles. The molecule has 1 fully saturated rings. The molecule has 2 N–H and O–H groups in total. The van der Waals surface area contributed by atoms with Crippen LogP contribution in [-0.4, -0.2) is 32.2 Å².